The Balaban J connectivity index is 1.61. The summed E-state index contributed by atoms with van der Waals surface area (Å²) in [4.78, 5) is 24.9. The molecule has 1 aliphatic rings. The van der Waals surface area contributed by atoms with Crippen LogP contribution >= 0.6 is 0 Å². The van der Waals surface area contributed by atoms with E-state index in [0.717, 1.165) is 18.4 Å². The van der Waals surface area contributed by atoms with Crippen LogP contribution in [-0.4, -0.2) is 32.1 Å². The van der Waals surface area contributed by atoms with E-state index in [-0.39, 0.29) is 34.9 Å². The summed E-state index contributed by atoms with van der Waals surface area (Å²) < 4.78 is 62.0. The second kappa shape index (κ2) is 8.77. The normalized spacial score (nSPS) is 12.7. The van der Waals surface area contributed by atoms with Crippen LogP contribution in [0.15, 0.2) is 53.3 Å². The molecule has 3 aromatic rings. The number of benzene rings is 2. The molecule has 2 aromatic carbocycles. The van der Waals surface area contributed by atoms with Gasteiger partial charge in [-0.15, -0.1) is 0 Å². The zero-order valence-corrected chi connectivity index (χ0v) is 17.1. The van der Waals surface area contributed by atoms with Crippen molar-refractivity contribution in [1.82, 2.24) is 0 Å². The number of furan rings is 1. The van der Waals surface area contributed by atoms with E-state index < -0.39 is 29.2 Å². The Morgan fingerprint density at radius 3 is 2.42 bits per heavy atom. The number of carbonyl (C=O) groups is 2. The molecule has 33 heavy (non-hydrogen) atoms. The summed E-state index contributed by atoms with van der Waals surface area (Å²) in [6, 6.07) is 7.11. The van der Waals surface area contributed by atoms with Crippen molar-refractivity contribution in [2.75, 3.05) is 31.0 Å². The third kappa shape index (κ3) is 4.71. The van der Waals surface area contributed by atoms with Crippen molar-refractivity contribution < 1.29 is 41.4 Å². The van der Waals surface area contributed by atoms with E-state index in [1.807, 2.05) is 0 Å². The summed E-state index contributed by atoms with van der Waals surface area (Å²) >= 11 is 0. The number of methoxy groups -OCH3 is 1. The van der Waals surface area contributed by atoms with Gasteiger partial charge in [-0.1, -0.05) is 0 Å². The van der Waals surface area contributed by atoms with E-state index in [0.29, 0.717) is 12.4 Å². The smallest absolute Gasteiger partial charge is 0.418 e. The molecule has 0 aliphatic carbocycles. The zero-order chi connectivity index (χ0) is 23.6. The minimum absolute atomic E-state index is 0.0153. The molecule has 4 rings (SSSR count). The number of nitrogens with one attached hydrogen (secondary N) is 2. The Kier molecular flexibility index (Phi) is 5.86. The molecule has 0 spiro atoms. The molecule has 0 saturated carbocycles. The summed E-state index contributed by atoms with van der Waals surface area (Å²) in [6.45, 7) is 0.554. The number of alkyl halides is 3. The van der Waals surface area contributed by atoms with E-state index in [1.165, 1.54) is 37.6 Å². The van der Waals surface area contributed by atoms with Crippen LogP contribution in [0.3, 0.4) is 0 Å². The van der Waals surface area contributed by atoms with Crippen LogP contribution < -0.4 is 24.8 Å². The molecule has 172 valence electrons. The van der Waals surface area contributed by atoms with Crippen LogP contribution in [0.5, 0.6) is 17.2 Å². The Bertz CT molecular complexity index is 1170. The molecule has 0 atom stereocenters. The minimum Gasteiger partial charge on any atom is -0.493 e. The largest absolute Gasteiger partial charge is 0.493 e. The second-order valence-electron chi connectivity index (χ2n) is 6.88. The Morgan fingerprint density at radius 2 is 1.73 bits per heavy atom. The third-order valence-electron chi connectivity index (χ3n) is 4.70. The van der Waals surface area contributed by atoms with Gasteiger partial charge in [-0.2, -0.15) is 13.2 Å². The second-order valence-corrected chi connectivity index (χ2v) is 6.88. The number of halogens is 3. The van der Waals surface area contributed by atoms with Gasteiger partial charge in [-0.25, -0.2) is 0 Å². The number of carbonyl (C=O) groups excluding carboxylic acids is 2. The molecule has 2 amide bonds. The van der Waals surface area contributed by atoms with Gasteiger partial charge in [-0.3, -0.25) is 9.59 Å². The zero-order valence-electron chi connectivity index (χ0n) is 17.1. The molecular formula is C22H17F3N2O6. The first-order chi connectivity index (χ1) is 15.8. The Hall–Kier alpha value is -4.15. The van der Waals surface area contributed by atoms with Crippen molar-refractivity contribution >= 4 is 23.2 Å². The number of rotatable bonds is 5. The van der Waals surface area contributed by atoms with E-state index >= 15 is 0 Å². The van der Waals surface area contributed by atoms with Gasteiger partial charge in [0.25, 0.3) is 11.8 Å². The van der Waals surface area contributed by atoms with Gasteiger partial charge >= 0.3 is 6.18 Å². The first kappa shape index (κ1) is 22.1. The quantitative estimate of drug-likeness (QED) is 0.576. The first-order valence-corrected chi connectivity index (χ1v) is 9.60. The van der Waals surface area contributed by atoms with Crippen LogP contribution in [0, 0.1) is 0 Å². The molecule has 11 heteroatoms. The fourth-order valence-electron chi connectivity index (χ4n) is 3.16. The molecule has 1 aromatic heterocycles. The van der Waals surface area contributed by atoms with E-state index in [1.54, 1.807) is 0 Å². The summed E-state index contributed by atoms with van der Waals surface area (Å²) in [5, 5.41) is 4.62. The Morgan fingerprint density at radius 1 is 0.970 bits per heavy atom. The molecule has 0 bridgehead atoms. The van der Waals surface area contributed by atoms with Gasteiger partial charge in [0.2, 0.25) is 5.75 Å². The van der Waals surface area contributed by atoms with Crippen molar-refractivity contribution in [3.63, 3.8) is 0 Å². The van der Waals surface area contributed by atoms with E-state index in [2.05, 4.69) is 10.6 Å². The van der Waals surface area contributed by atoms with Gasteiger partial charge in [0, 0.05) is 11.3 Å². The summed E-state index contributed by atoms with van der Waals surface area (Å²) in [7, 11) is 1.37. The molecule has 0 radical (unpaired) electrons. The summed E-state index contributed by atoms with van der Waals surface area (Å²) in [6.07, 6.45) is -2.37. The lowest BCUT2D eigenvalue weighted by Crippen LogP contribution is -2.20. The van der Waals surface area contributed by atoms with Gasteiger partial charge in [0.15, 0.2) is 11.5 Å². The number of hydrogen-bond donors (Lipinski definition) is 2. The predicted molar refractivity (Wildman–Crippen MR) is 110 cm³/mol. The van der Waals surface area contributed by atoms with Crippen molar-refractivity contribution in [2.45, 2.75) is 6.18 Å². The van der Waals surface area contributed by atoms with Gasteiger partial charge in [0.05, 0.1) is 30.2 Å². The van der Waals surface area contributed by atoms with Crippen LogP contribution in [0.2, 0.25) is 0 Å². The molecule has 1 aliphatic heterocycles. The molecule has 2 N–H and O–H groups in total. The number of fused-ring (bicyclic) bond motifs is 1. The van der Waals surface area contributed by atoms with Crippen LogP contribution in [0.1, 0.15) is 26.3 Å². The van der Waals surface area contributed by atoms with Gasteiger partial charge in [0.1, 0.15) is 19.5 Å². The van der Waals surface area contributed by atoms with Gasteiger partial charge < -0.3 is 29.3 Å². The number of hydrogen-bond acceptors (Lipinski definition) is 6. The lowest BCUT2D eigenvalue weighted by Gasteiger charge is -2.21. The number of anilines is 2. The third-order valence-corrected chi connectivity index (χ3v) is 4.70. The molecule has 0 fully saturated rings. The Labute approximate surface area is 185 Å². The lowest BCUT2D eigenvalue weighted by molar-refractivity contribution is -0.136. The highest BCUT2D eigenvalue weighted by Gasteiger charge is 2.35. The standard InChI is InChI=1S/C22H17F3N2O6/c1-30-17-8-13(9-18-19(17)33-7-6-32-18)21(29)27-16-3-2-14(10-15(16)22(23,24)25)26-20(28)12-4-5-31-11-12/h2-5,8-11H,6-7H2,1H3,(H,26,28)(H,27,29). The highest BCUT2D eigenvalue weighted by atomic mass is 19.4. The molecular weight excluding hydrogens is 445 g/mol. The molecule has 2 heterocycles. The van der Waals surface area contributed by atoms with E-state index in [9.17, 15) is 22.8 Å². The lowest BCUT2D eigenvalue weighted by atomic mass is 10.1. The summed E-state index contributed by atoms with van der Waals surface area (Å²) in [5.74, 6) is -0.679. The highest BCUT2D eigenvalue weighted by Crippen LogP contribution is 2.41. The maximum atomic E-state index is 13.7. The molecule has 8 nitrogen and oxygen atoms in total. The van der Waals surface area contributed by atoms with Crippen molar-refractivity contribution in [3.8, 4) is 17.2 Å². The van der Waals surface area contributed by atoms with Crippen LogP contribution in [-0.2, 0) is 6.18 Å². The van der Waals surface area contributed by atoms with Crippen molar-refractivity contribution in [3.05, 3.63) is 65.6 Å². The predicted octanol–water partition coefficient (Wildman–Crippen LogP) is 4.58. The minimum atomic E-state index is -4.80. The van der Waals surface area contributed by atoms with Gasteiger partial charge in [-0.05, 0) is 36.4 Å². The number of amides is 2. The monoisotopic (exact) mass is 462 g/mol. The average molecular weight is 462 g/mol. The van der Waals surface area contributed by atoms with Crippen molar-refractivity contribution in [2.24, 2.45) is 0 Å². The molecule has 0 unspecified atom stereocenters. The number of ether oxygens (including phenoxy) is 3. The topological polar surface area (TPSA) is 99.0 Å². The van der Waals surface area contributed by atoms with Crippen molar-refractivity contribution in [1.29, 1.82) is 0 Å². The first-order valence-electron chi connectivity index (χ1n) is 9.60. The summed E-state index contributed by atoms with van der Waals surface area (Å²) in [5.41, 5.74) is -1.56. The molecule has 0 saturated heterocycles. The average Bonchev–Trinajstić information content (AvgIpc) is 3.33. The fraction of sp³-hybridized carbons (Fsp3) is 0.182. The SMILES string of the molecule is COc1cc(C(=O)Nc2ccc(NC(=O)c3ccoc3)cc2C(F)(F)F)cc2c1OCCO2. The fourth-order valence-corrected chi connectivity index (χ4v) is 3.16. The van der Waals surface area contributed by atoms with E-state index in [4.69, 9.17) is 18.6 Å². The highest BCUT2D eigenvalue weighted by molar-refractivity contribution is 6.06. The van der Waals surface area contributed by atoms with Crippen LogP contribution in [0.4, 0.5) is 24.5 Å². The maximum absolute atomic E-state index is 13.7. The van der Waals surface area contributed by atoms with Crippen LogP contribution in [0.25, 0.3) is 0 Å². The maximum Gasteiger partial charge on any atom is 0.418 e.